The molecule has 1 amide bonds. The number of H-pyrrole nitrogens is 1. The lowest BCUT2D eigenvalue weighted by atomic mass is 9.99. The highest BCUT2D eigenvalue weighted by atomic mass is 35.5. The summed E-state index contributed by atoms with van der Waals surface area (Å²) in [4.78, 5) is 27.2. The summed E-state index contributed by atoms with van der Waals surface area (Å²) in [7, 11) is 0. The second-order valence-corrected chi connectivity index (χ2v) is 7.73. The molecule has 2 aromatic carbocycles. The van der Waals surface area contributed by atoms with E-state index in [9.17, 15) is 22.8 Å². The molecule has 0 saturated heterocycles. The van der Waals surface area contributed by atoms with Gasteiger partial charge in [-0.1, -0.05) is 11.6 Å². The third-order valence-electron chi connectivity index (χ3n) is 4.96. The molecule has 0 atom stereocenters. The minimum absolute atomic E-state index is 0.0134. The molecule has 0 radical (unpaired) electrons. The van der Waals surface area contributed by atoms with E-state index in [0.29, 0.717) is 6.07 Å². The molecule has 0 aliphatic carbocycles. The number of aryl methyl sites for hydroxylation is 1. The summed E-state index contributed by atoms with van der Waals surface area (Å²) in [5, 5.41) is 20.3. The van der Waals surface area contributed by atoms with Gasteiger partial charge >= 0.3 is 0 Å². The van der Waals surface area contributed by atoms with Crippen LogP contribution in [0.15, 0.2) is 41.2 Å². The lowest BCUT2D eigenvalue weighted by Crippen LogP contribution is -2.40. The van der Waals surface area contributed by atoms with E-state index >= 15 is 0 Å². The molecule has 0 fully saturated rings. The minimum Gasteiger partial charge on any atom is -0.486 e. The average molecular weight is 497 g/mol. The van der Waals surface area contributed by atoms with Crippen LogP contribution in [-0.2, 0) is 6.61 Å². The molecule has 4 N–H and O–H groups in total. The number of aliphatic hydroxyl groups is 2. The Morgan fingerprint density at radius 2 is 1.82 bits per heavy atom. The fourth-order valence-electron chi connectivity index (χ4n) is 3.20. The van der Waals surface area contributed by atoms with Gasteiger partial charge in [-0.2, -0.15) is 0 Å². The average Bonchev–Trinajstić information content (AvgIpc) is 2.80. The van der Waals surface area contributed by atoms with E-state index in [1.54, 1.807) is 0 Å². The zero-order valence-corrected chi connectivity index (χ0v) is 18.5. The number of carbonyl (C=O) groups is 1. The zero-order valence-electron chi connectivity index (χ0n) is 17.8. The summed E-state index contributed by atoms with van der Waals surface area (Å²) < 4.78 is 47.7. The van der Waals surface area contributed by atoms with Crippen LogP contribution in [0.5, 0.6) is 5.75 Å². The van der Waals surface area contributed by atoms with Gasteiger partial charge < -0.3 is 25.3 Å². The molecule has 0 bridgehead atoms. The van der Waals surface area contributed by atoms with Gasteiger partial charge in [-0.15, -0.1) is 0 Å². The molecule has 3 rings (SSSR count). The topological polar surface area (TPSA) is 112 Å². The van der Waals surface area contributed by atoms with E-state index in [1.807, 2.05) is 0 Å². The summed E-state index contributed by atoms with van der Waals surface area (Å²) in [5.41, 5.74) is -0.762. The maximum Gasteiger partial charge on any atom is 0.270 e. The molecule has 180 valence electrons. The Kier molecular flexibility index (Phi) is 7.98. The van der Waals surface area contributed by atoms with Gasteiger partial charge in [-0.05, 0) is 37.3 Å². The van der Waals surface area contributed by atoms with Gasteiger partial charge in [0.25, 0.3) is 11.5 Å². The lowest BCUT2D eigenvalue weighted by Gasteiger charge is -2.17. The third-order valence-corrected chi connectivity index (χ3v) is 5.31. The van der Waals surface area contributed by atoms with Crippen molar-refractivity contribution >= 4 is 17.5 Å². The Balaban J connectivity index is 2.06. The van der Waals surface area contributed by atoms with Crippen LogP contribution in [0.1, 0.15) is 21.6 Å². The largest absolute Gasteiger partial charge is 0.486 e. The summed E-state index contributed by atoms with van der Waals surface area (Å²) in [6, 6.07) is 5.31. The van der Waals surface area contributed by atoms with Crippen molar-refractivity contribution in [3.05, 3.63) is 86.0 Å². The Bertz CT molecular complexity index is 1280. The smallest absolute Gasteiger partial charge is 0.270 e. The molecule has 1 aromatic heterocycles. The third kappa shape index (κ3) is 5.41. The minimum atomic E-state index is -0.922. The summed E-state index contributed by atoms with van der Waals surface area (Å²) >= 11 is 6.13. The van der Waals surface area contributed by atoms with E-state index in [4.69, 9.17) is 26.6 Å². The lowest BCUT2D eigenvalue weighted by molar-refractivity contribution is 0.0879. The van der Waals surface area contributed by atoms with Crippen LogP contribution in [0, 0.1) is 24.4 Å². The number of hydrogen-bond acceptors (Lipinski definition) is 5. The molecule has 0 unspecified atom stereocenters. The zero-order chi connectivity index (χ0) is 25.0. The van der Waals surface area contributed by atoms with Gasteiger partial charge in [0, 0.05) is 34.0 Å². The molecule has 1 heterocycles. The predicted molar refractivity (Wildman–Crippen MR) is 118 cm³/mol. The van der Waals surface area contributed by atoms with E-state index in [-0.39, 0.29) is 33.7 Å². The second-order valence-electron chi connectivity index (χ2n) is 7.35. The van der Waals surface area contributed by atoms with Crippen molar-refractivity contribution in [1.29, 1.82) is 0 Å². The Hall–Kier alpha value is -3.34. The van der Waals surface area contributed by atoms with Gasteiger partial charge in [-0.25, -0.2) is 13.2 Å². The van der Waals surface area contributed by atoms with Crippen LogP contribution in [-0.4, -0.2) is 40.4 Å². The van der Waals surface area contributed by atoms with Gasteiger partial charge in [-0.3, -0.25) is 9.59 Å². The van der Waals surface area contributed by atoms with Crippen LogP contribution in [0.4, 0.5) is 13.2 Å². The first-order valence-electron chi connectivity index (χ1n) is 9.97. The molecule has 11 heteroatoms. The van der Waals surface area contributed by atoms with Crippen molar-refractivity contribution in [2.24, 2.45) is 0 Å². The van der Waals surface area contributed by atoms with Crippen molar-refractivity contribution in [2.75, 3.05) is 13.2 Å². The first kappa shape index (κ1) is 25.3. The Morgan fingerprint density at radius 3 is 2.47 bits per heavy atom. The fraction of sp³-hybridized carbons (Fsp3) is 0.217. The monoisotopic (exact) mass is 496 g/mol. The van der Waals surface area contributed by atoms with Crippen molar-refractivity contribution in [3.8, 4) is 16.9 Å². The number of carbonyl (C=O) groups excluding carboxylic acids is 1. The number of halogens is 4. The number of nitrogens with one attached hydrogen (secondary N) is 2. The molecule has 0 spiro atoms. The SMILES string of the molecule is Cc1[nH]c(=O)c(Cl)c(OCc2ccc(F)cc2F)c1-c1cc(C(=O)NC(CO)CO)ccc1F. The van der Waals surface area contributed by atoms with Crippen LogP contribution in [0.3, 0.4) is 0 Å². The molecular weight excluding hydrogens is 477 g/mol. The summed E-state index contributed by atoms with van der Waals surface area (Å²) in [5.74, 6) is -3.40. The molecule has 0 saturated carbocycles. The quantitative estimate of drug-likeness (QED) is 0.383. The van der Waals surface area contributed by atoms with E-state index in [1.165, 1.54) is 19.1 Å². The van der Waals surface area contributed by atoms with Crippen LogP contribution >= 0.6 is 11.6 Å². The number of hydrogen-bond donors (Lipinski definition) is 4. The van der Waals surface area contributed by atoms with Crippen molar-refractivity contribution in [1.82, 2.24) is 10.3 Å². The Labute approximate surface area is 196 Å². The highest BCUT2D eigenvalue weighted by molar-refractivity contribution is 6.32. The second kappa shape index (κ2) is 10.7. The molecule has 0 aliphatic rings. The number of pyridine rings is 1. The number of rotatable bonds is 8. The number of benzene rings is 2. The number of aromatic amines is 1. The number of amides is 1. The molecule has 3 aromatic rings. The molecule has 0 aliphatic heterocycles. The molecule has 34 heavy (non-hydrogen) atoms. The molecule has 7 nitrogen and oxygen atoms in total. The maximum atomic E-state index is 14.9. The van der Waals surface area contributed by atoms with Crippen molar-refractivity contribution < 1.29 is 32.9 Å². The highest BCUT2D eigenvalue weighted by Crippen LogP contribution is 2.38. The van der Waals surface area contributed by atoms with E-state index in [0.717, 1.165) is 18.2 Å². The van der Waals surface area contributed by atoms with Crippen LogP contribution in [0.2, 0.25) is 5.02 Å². The van der Waals surface area contributed by atoms with Crippen molar-refractivity contribution in [2.45, 2.75) is 19.6 Å². The van der Waals surface area contributed by atoms with Crippen LogP contribution in [0.25, 0.3) is 11.1 Å². The first-order valence-corrected chi connectivity index (χ1v) is 10.4. The van der Waals surface area contributed by atoms with E-state index < -0.39 is 59.8 Å². The predicted octanol–water partition coefficient (Wildman–Crippen LogP) is 3.08. The van der Waals surface area contributed by atoms with Crippen LogP contribution < -0.4 is 15.6 Å². The summed E-state index contributed by atoms with van der Waals surface area (Å²) in [6.45, 7) is -0.0118. The van der Waals surface area contributed by atoms with Crippen molar-refractivity contribution in [3.63, 3.8) is 0 Å². The van der Waals surface area contributed by atoms with Gasteiger partial charge in [0.15, 0.2) is 5.75 Å². The van der Waals surface area contributed by atoms with E-state index in [2.05, 4.69) is 10.3 Å². The van der Waals surface area contributed by atoms with Gasteiger partial charge in [0.2, 0.25) is 0 Å². The number of ether oxygens (including phenoxy) is 1. The highest BCUT2D eigenvalue weighted by Gasteiger charge is 2.22. The summed E-state index contributed by atoms with van der Waals surface area (Å²) in [6.07, 6.45) is 0. The molecular formula is C23H20ClF3N2O5. The van der Waals surface area contributed by atoms with Gasteiger partial charge in [0.05, 0.1) is 19.3 Å². The Morgan fingerprint density at radius 1 is 1.12 bits per heavy atom. The number of aliphatic hydroxyl groups excluding tert-OH is 2. The maximum absolute atomic E-state index is 14.9. The standard InChI is InChI=1S/C23H20ClF3N2O5/c1-11-19(16-6-12(3-5-17(16)26)22(32)29-15(8-30)9-31)21(20(24)23(33)28-11)34-10-13-2-4-14(25)7-18(13)27/h2-7,15,30-31H,8-10H2,1H3,(H,28,33)(H,29,32). The number of aromatic nitrogens is 1. The normalized spacial score (nSPS) is 11.1. The first-order chi connectivity index (χ1) is 16.2. The fourth-order valence-corrected chi connectivity index (χ4v) is 3.39. The van der Waals surface area contributed by atoms with Gasteiger partial charge in [0.1, 0.15) is 29.1 Å².